The van der Waals surface area contributed by atoms with Gasteiger partial charge in [0.15, 0.2) is 0 Å². The van der Waals surface area contributed by atoms with Gasteiger partial charge in [0.25, 0.3) is 0 Å². The molecule has 0 radical (unpaired) electrons. The molecule has 0 saturated carbocycles. The number of para-hydroxylation sites is 1. The molecule has 3 aromatic rings. The van der Waals surface area contributed by atoms with E-state index in [4.69, 9.17) is 4.74 Å². The predicted molar refractivity (Wildman–Crippen MR) is 116 cm³/mol. The number of carbonyl (C=O) groups excluding carboxylic acids is 1. The summed E-state index contributed by atoms with van der Waals surface area (Å²) in [6.07, 6.45) is 3.44. The first kappa shape index (κ1) is 20.4. The van der Waals surface area contributed by atoms with Gasteiger partial charge in [0.1, 0.15) is 12.4 Å². The fourth-order valence-corrected chi connectivity index (χ4v) is 3.11. The van der Waals surface area contributed by atoms with Gasteiger partial charge in [0.05, 0.1) is 17.9 Å². The van der Waals surface area contributed by atoms with Crippen molar-refractivity contribution in [1.82, 2.24) is 14.7 Å². The molecule has 5 heteroatoms. The normalized spacial score (nSPS) is 11.0. The third-order valence-corrected chi connectivity index (χ3v) is 4.80. The van der Waals surface area contributed by atoms with Gasteiger partial charge in [-0.2, -0.15) is 5.10 Å². The Hall–Kier alpha value is -3.34. The molecular weight excluding hydrogens is 362 g/mol. The van der Waals surface area contributed by atoms with Crippen molar-refractivity contribution >= 4 is 12.0 Å². The molecule has 0 saturated heterocycles. The summed E-state index contributed by atoms with van der Waals surface area (Å²) in [5, 5.41) is 4.61. The van der Waals surface area contributed by atoms with E-state index in [0.29, 0.717) is 13.2 Å². The molecule has 150 valence electrons. The minimum atomic E-state index is -0.0656. The number of ether oxygens (including phenoxy) is 1. The van der Waals surface area contributed by atoms with Gasteiger partial charge in [0, 0.05) is 24.4 Å². The second kappa shape index (κ2) is 9.24. The second-order valence-electron chi connectivity index (χ2n) is 7.09. The predicted octanol–water partition coefficient (Wildman–Crippen LogP) is 4.35. The van der Waals surface area contributed by atoms with E-state index in [0.717, 1.165) is 34.0 Å². The van der Waals surface area contributed by atoms with Crippen LogP contribution in [0.25, 0.3) is 11.8 Å². The number of carbonyl (C=O) groups is 1. The van der Waals surface area contributed by atoms with Gasteiger partial charge in [-0.3, -0.25) is 4.79 Å². The highest BCUT2D eigenvalue weighted by atomic mass is 16.5. The van der Waals surface area contributed by atoms with Gasteiger partial charge in [0.2, 0.25) is 5.91 Å². The largest absolute Gasteiger partial charge is 0.492 e. The Balaban J connectivity index is 1.60. The van der Waals surface area contributed by atoms with Gasteiger partial charge >= 0.3 is 0 Å². The summed E-state index contributed by atoms with van der Waals surface area (Å²) in [7, 11) is 1.78. The number of likely N-dealkylation sites (N-methyl/N-ethyl adjacent to an activating group) is 1. The lowest BCUT2D eigenvalue weighted by Gasteiger charge is -2.15. The third kappa shape index (κ3) is 5.13. The SMILES string of the molecule is Cc1cccc(OCCN(C)C(=O)/C=C/c2c(C)nn(-c3ccccc3)c2C)c1. The molecular formula is C24H27N3O2. The number of rotatable bonds is 7. The summed E-state index contributed by atoms with van der Waals surface area (Å²) in [4.78, 5) is 14.1. The summed E-state index contributed by atoms with van der Waals surface area (Å²) in [5.41, 5.74) is 5.01. The minimum absolute atomic E-state index is 0.0656. The molecule has 0 atom stereocenters. The fourth-order valence-electron chi connectivity index (χ4n) is 3.11. The number of aryl methyl sites for hydroxylation is 2. The van der Waals surface area contributed by atoms with E-state index in [2.05, 4.69) is 5.10 Å². The van der Waals surface area contributed by atoms with E-state index < -0.39 is 0 Å². The van der Waals surface area contributed by atoms with Gasteiger partial charge in [-0.1, -0.05) is 30.3 Å². The van der Waals surface area contributed by atoms with Crippen molar-refractivity contribution in [3.05, 3.63) is 83.2 Å². The molecule has 1 heterocycles. The maximum atomic E-state index is 12.5. The first-order valence-corrected chi connectivity index (χ1v) is 9.70. The molecule has 0 unspecified atom stereocenters. The minimum Gasteiger partial charge on any atom is -0.492 e. The van der Waals surface area contributed by atoms with E-state index in [1.807, 2.05) is 86.1 Å². The number of amides is 1. The Morgan fingerprint density at radius 2 is 1.86 bits per heavy atom. The molecule has 0 aliphatic rings. The van der Waals surface area contributed by atoms with Crippen LogP contribution < -0.4 is 4.74 Å². The van der Waals surface area contributed by atoms with Crippen molar-refractivity contribution < 1.29 is 9.53 Å². The zero-order chi connectivity index (χ0) is 20.8. The van der Waals surface area contributed by atoms with E-state index in [9.17, 15) is 4.79 Å². The number of nitrogens with zero attached hydrogens (tertiary/aromatic N) is 3. The van der Waals surface area contributed by atoms with Crippen LogP contribution in [0.4, 0.5) is 0 Å². The summed E-state index contributed by atoms with van der Waals surface area (Å²) in [5.74, 6) is 0.755. The molecule has 0 N–H and O–H groups in total. The van der Waals surface area contributed by atoms with Gasteiger partial charge in [-0.25, -0.2) is 4.68 Å². The van der Waals surface area contributed by atoms with Crippen LogP contribution >= 0.6 is 0 Å². The summed E-state index contributed by atoms with van der Waals surface area (Å²) in [6.45, 7) is 6.95. The van der Waals surface area contributed by atoms with Crippen molar-refractivity contribution in [2.24, 2.45) is 0 Å². The Morgan fingerprint density at radius 1 is 1.10 bits per heavy atom. The Morgan fingerprint density at radius 3 is 2.59 bits per heavy atom. The van der Waals surface area contributed by atoms with Gasteiger partial charge < -0.3 is 9.64 Å². The Bertz CT molecular complexity index is 1010. The monoisotopic (exact) mass is 389 g/mol. The van der Waals surface area contributed by atoms with Gasteiger partial charge in [-0.05, 0) is 56.7 Å². The highest BCUT2D eigenvalue weighted by Gasteiger charge is 2.11. The van der Waals surface area contributed by atoms with Crippen LogP contribution in [0.2, 0.25) is 0 Å². The highest BCUT2D eigenvalue weighted by molar-refractivity contribution is 5.91. The zero-order valence-electron chi connectivity index (χ0n) is 17.4. The van der Waals surface area contributed by atoms with Crippen molar-refractivity contribution in [3.63, 3.8) is 0 Å². The average molecular weight is 389 g/mol. The average Bonchev–Trinajstić information content (AvgIpc) is 3.00. The molecule has 2 aromatic carbocycles. The number of benzene rings is 2. The zero-order valence-corrected chi connectivity index (χ0v) is 17.4. The molecule has 0 aliphatic carbocycles. The molecule has 5 nitrogen and oxygen atoms in total. The van der Waals surface area contributed by atoms with Crippen LogP contribution in [0, 0.1) is 20.8 Å². The smallest absolute Gasteiger partial charge is 0.246 e. The Labute approximate surface area is 172 Å². The molecule has 3 rings (SSSR count). The number of aromatic nitrogens is 2. The highest BCUT2D eigenvalue weighted by Crippen LogP contribution is 2.19. The lowest BCUT2D eigenvalue weighted by Crippen LogP contribution is -2.29. The Kier molecular flexibility index (Phi) is 6.50. The van der Waals surface area contributed by atoms with Crippen LogP contribution in [0.15, 0.2) is 60.7 Å². The van der Waals surface area contributed by atoms with E-state index in [-0.39, 0.29) is 5.91 Å². The number of hydrogen-bond donors (Lipinski definition) is 0. The van der Waals surface area contributed by atoms with Crippen LogP contribution in [0.3, 0.4) is 0 Å². The summed E-state index contributed by atoms with van der Waals surface area (Å²) in [6, 6.07) is 17.9. The van der Waals surface area contributed by atoms with E-state index in [1.54, 1.807) is 18.0 Å². The standard InChI is InChI=1S/C24H27N3O2/c1-18-9-8-12-22(17-18)29-16-15-26(4)24(28)14-13-23-19(2)25-27(20(23)3)21-10-6-5-7-11-21/h5-14,17H,15-16H2,1-4H3/b14-13+. The molecule has 0 aliphatic heterocycles. The van der Waals surface area contributed by atoms with Crippen molar-refractivity contribution in [2.75, 3.05) is 20.2 Å². The van der Waals surface area contributed by atoms with Crippen LogP contribution in [0.5, 0.6) is 5.75 Å². The third-order valence-electron chi connectivity index (χ3n) is 4.80. The fraction of sp³-hybridized carbons (Fsp3) is 0.250. The first-order valence-electron chi connectivity index (χ1n) is 9.70. The maximum Gasteiger partial charge on any atom is 0.246 e. The summed E-state index contributed by atoms with van der Waals surface area (Å²) < 4.78 is 7.63. The molecule has 0 fully saturated rings. The first-order chi connectivity index (χ1) is 14.0. The summed E-state index contributed by atoms with van der Waals surface area (Å²) >= 11 is 0. The molecule has 1 aromatic heterocycles. The second-order valence-corrected chi connectivity index (χ2v) is 7.09. The van der Waals surface area contributed by atoms with Crippen LogP contribution in [0.1, 0.15) is 22.5 Å². The van der Waals surface area contributed by atoms with E-state index >= 15 is 0 Å². The van der Waals surface area contributed by atoms with Crippen LogP contribution in [-0.4, -0.2) is 40.8 Å². The lowest BCUT2D eigenvalue weighted by molar-refractivity contribution is -0.125. The van der Waals surface area contributed by atoms with Crippen molar-refractivity contribution in [2.45, 2.75) is 20.8 Å². The number of hydrogen-bond acceptors (Lipinski definition) is 3. The van der Waals surface area contributed by atoms with E-state index in [1.165, 1.54) is 0 Å². The molecule has 0 bridgehead atoms. The molecule has 1 amide bonds. The van der Waals surface area contributed by atoms with Gasteiger partial charge in [-0.15, -0.1) is 0 Å². The molecule has 0 spiro atoms. The maximum absolute atomic E-state index is 12.5. The quantitative estimate of drug-likeness (QED) is 0.565. The lowest BCUT2D eigenvalue weighted by atomic mass is 10.2. The topological polar surface area (TPSA) is 47.4 Å². The van der Waals surface area contributed by atoms with Crippen molar-refractivity contribution in [1.29, 1.82) is 0 Å². The molecule has 29 heavy (non-hydrogen) atoms. The van der Waals surface area contributed by atoms with Crippen LogP contribution in [-0.2, 0) is 4.79 Å². The van der Waals surface area contributed by atoms with Crippen molar-refractivity contribution in [3.8, 4) is 11.4 Å².